The predicted octanol–water partition coefficient (Wildman–Crippen LogP) is 3.08. The van der Waals surface area contributed by atoms with Crippen LogP contribution in [0.5, 0.6) is 0 Å². The number of benzene rings is 1. The van der Waals surface area contributed by atoms with Crippen molar-refractivity contribution in [2.45, 2.75) is 6.42 Å². The fraction of sp³-hybridized carbons (Fsp3) is 0.250. The molecule has 0 saturated carbocycles. The number of amides is 1. The van der Waals surface area contributed by atoms with Gasteiger partial charge in [0.05, 0.1) is 24.9 Å². The summed E-state index contributed by atoms with van der Waals surface area (Å²) in [5.41, 5.74) is 1.84. The van der Waals surface area contributed by atoms with E-state index < -0.39 is 0 Å². The maximum absolute atomic E-state index is 12.0. The van der Waals surface area contributed by atoms with E-state index in [2.05, 4.69) is 31.5 Å². The van der Waals surface area contributed by atoms with Gasteiger partial charge in [-0.25, -0.2) is 4.98 Å². The first-order valence-corrected chi connectivity index (χ1v) is 7.70. The van der Waals surface area contributed by atoms with Gasteiger partial charge in [0, 0.05) is 18.1 Å². The Balaban J connectivity index is 1.86. The minimum absolute atomic E-state index is 0.0920. The summed E-state index contributed by atoms with van der Waals surface area (Å²) in [6.45, 7) is 1.35. The number of nitrogens with zero attached hydrogens (tertiary/aromatic N) is 1. The Bertz CT molecular complexity index is 617. The van der Waals surface area contributed by atoms with Gasteiger partial charge in [0.25, 0.3) is 0 Å². The topological polar surface area (TPSA) is 63.2 Å². The van der Waals surface area contributed by atoms with Crippen LogP contribution in [0, 0.1) is 0 Å². The van der Waals surface area contributed by atoms with Crippen molar-refractivity contribution in [3.05, 3.63) is 52.6 Å². The lowest BCUT2D eigenvalue weighted by Gasteiger charge is -2.07. The first-order chi connectivity index (χ1) is 10.7. The molecule has 5 nitrogen and oxygen atoms in total. The lowest BCUT2D eigenvalue weighted by atomic mass is 10.1. The second-order valence-electron chi connectivity index (χ2n) is 4.71. The molecule has 0 aliphatic carbocycles. The van der Waals surface area contributed by atoms with Gasteiger partial charge in [-0.05, 0) is 29.8 Å². The molecule has 1 aromatic carbocycles. The number of aromatic nitrogens is 1. The summed E-state index contributed by atoms with van der Waals surface area (Å²) in [5, 5.41) is 5.95. The van der Waals surface area contributed by atoms with Gasteiger partial charge in [0.2, 0.25) is 5.91 Å². The maximum Gasteiger partial charge on any atom is 0.229 e. The van der Waals surface area contributed by atoms with E-state index in [-0.39, 0.29) is 5.91 Å². The Labute approximate surface area is 138 Å². The predicted molar refractivity (Wildman–Crippen MR) is 91.1 cm³/mol. The molecule has 116 valence electrons. The minimum atomic E-state index is -0.0920. The molecule has 0 saturated heterocycles. The number of hydrogen-bond donors (Lipinski definition) is 2. The molecule has 2 N–H and O–H groups in total. The Hall–Kier alpha value is -1.92. The van der Waals surface area contributed by atoms with Gasteiger partial charge >= 0.3 is 0 Å². The highest BCUT2D eigenvalue weighted by atomic mass is 79.9. The zero-order valence-electron chi connectivity index (χ0n) is 12.3. The van der Waals surface area contributed by atoms with Gasteiger partial charge in [-0.2, -0.15) is 0 Å². The zero-order chi connectivity index (χ0) is 15.8. The third-order valence-electron chi connectivity index (χ3n) is 2.92. The molecular weight excluding hydrogens is 346 g/mol. The standard InChI is InChI=1S/C16H18BrN3O2/c1-22-8-7-18-14-5-6-15(19-11-14)20-16(21)10-12-3-2-4-13(17)9-12/h2-6,9,11,18H,7-8,10H2,1H3,(H,19,20,21). The molecule has 1 amide bonds. The summed E-state index contributed by atoms with van der Waals surface area (Å²) in [5.74, 6) is 0.447. The molecule has 1 aromatic heterocycles. The second kappa shape index (κ2) is 8.51. The molecule has 0 unspecified atom stereocenters. The van der Waals surface area contributed by atoms with Crippen molar-refractivity contribution in [3.63, 3.8) is 0 Å². The molecule has 2 rings (SSSR count). The highest BCUT2D eigenvalue weighted by Gasteiger charge is 2.05. The van der Waals surface area contributed by atoms with Gasteiger partial charge in [-0.3, -0.25) is 4.79 Å². The number of methoxy groups -OCH3 is 1. The number of pyridine rings is 1. The van der Waals surface area contributed by atoms with Crippen molar-refractivity contribution in [2.75, 3.05) is 30.9 Å². The number of hydrogen-bond acceptors (Lipinski definition) is 4. The number of carbonyl (C=O) groups excluding carboxylic acids is 1. The van der Waals surface area contributed by atoms with Crippen LogP contribution in [0.2, 0.25) is 0 Å². The van der Waals surface area contributed by atoms with Crippen LogP contribution < -0.4 is 10.6 Å². The molecule has 0 aliphatic heterocycles. The molecular formula is C16H18BrN3O2. The number of halogens is 1. The summed E-state index contributed by atoms with van der Waals surface area (Å²) in [6, 6.07) is 11.3. The van der Waals surface area contributed by atoms with Crippen LogP contribution in [-0.4, -0.2) is 31.2 Å². The molecule has 0 spiro atoms. The largest absolute Gasteiger partial charge is 0.383 e. The summed E-state index contributed by atoms with van der Waals surface area (Å²) in [4.78, 5) is 16.2. The maximum atomic E-state index is 12.0. The van der Waals surface area contributed by atoms with Crippen molar-refractivity contribution >= 4 is 33.3 Å². The van der Waals surface area contributed by atoms with Gasteiger partial charge in [-0.15, -0.1) is 0 Å². The van der Waals surface area contributed by atoms with Crippen LogP contribution in [0.3, 0.4) is 0 Å². The number of anilines is 2. The number of nitrogens with one attached hydrogen (secondary N) is 2. The van der Waals surface area contributed by atoms with Crippen LogP contribution in [0.4, 0.5) is 11.5 Å². The molecule has 0 bridgehead atoms. The van der Waals surface area contributed by atoms with E-state index >= 15 is 0 Å². The average molecular weight is 364 g/mol. The second-order valence-corrected chi connectivity index (χ2v) is 5.62. The Morgan fingerprint density at radius 1 is 1.32 bits per heavy atom. The van der Waals surface area contributed by atoms with Crippen molar-refractivity contribution in [1.82, 2.24) is 4.98 Å². The number of carbonyl (C=O) groups is 1. The van der Waals surface area contributed by atoms with E-state index in [1.54, 1.807) is 19.4 Å². The van der Waals surface area contributed by atoms with Crippen LogP contribution in [-0.2, 0) is 16.0 Å². The van der Waals surface area contributed by atoms with Gasteiger partial charge in [-0.1, -0.05) is 28.1 Å². The lowest BCUT2D eigenvalue weighted by Crippen LogP contribution is -2.15. The fourth-order valence-corrected chi connectivity index (χ4v) is 2.34. The quantitative estimate of drug-likeness (QED) is 0.742. The van der Waals surface area contributed by atoms with Gasteiger partial charge in [0.15, 0.2) is 0 Å². The smallest absolute Gasteiger partial charge is 0.229 e. The monoisotopic (exact) mass is 363 g/mol. The molecule has 2 aromatic rings. The van der Waals surface area contributed by atoms with Crippen molar-refractivity contribution in [2.24, 2.45) is 0 Å². The molecule has 0 atom stereocenters. The van der Waals surface area contributed by atoms with E-state index in [4.69, 9.17) is 4.74 Å². The molecule has 6 heteroatoms. The average Bonchev–Trinajstić information content (AvgIpc) is 2.49. The highest BCUT2D eigenvalue weighted by molar-refractivity contribution is 9.10. The molecule has 0 fully saturated rings. The van der Waals surface area contributed by atoms with Crippen LogP contribution in [0.25, 0.3) is 0 Å². The van der Waals surface area contributed by atoms with Gasteiger partial charge < -0.3 is 15.4 Å². The summed E-state index contributed by atoms with van der Waals surface area (Å²) < 4.78 is 5.92. The molecule has 1 heterocycles. The fourth-order valence-electron chi connectivity index (χ4n) is 1.89. The van der Waals surface area contributed by atoms with Crippen molar-refractivity contribution in [3.8, 4) is 0 Å². The van der Waals surface area contributed by atoms with Crippen LogP contribution >= 0.6 is 15.9 Å². The third-order valence-corrected chi connectivity index (χ3v) is 3.41. The SMILES string of the molecule is COCCNc1ccc(NC(=O)Cc2cccc(Br)c2)nc1. The minimum Gasteiger partial charge on any atom is -0.383 e. The molecule has 0 radical (unpaired) electrons. The van der Waals surface area contributed by atoms with Crippen molar-refractivity contribution < 1.29 is 9.53 Å². The van der Waals surface area contributed by atoms with E-state index in [1.165, 1.54) is 0 Å². The van der Waals surface area contributed by atoms with Crippen molar-refractivity contribution in [1.29, 1.82) is 0 Å². The normalized spacial score (nSPS) is 10.3. The summed E-state index contributed by atoms with van der Waals surface area (Å²) >= 11 is 3.39. The Kier molecular flexibility index (Phi) is 6.36. The van der Waals surface area contributed by atoms with E-state index in [9.17, 15) is 4.79 Å². The number of rotatable bonds is 7. The van der Waals surface area contributed by atoms with Crippen LogP contribution in [0.15, 0.2) is 47.1 Å². The van der Waals surface area contributed by atoms with E-state index in [1.807, 2.05) is 30.3 Å². The Morgan fingerprint density at radius 3 is 2.86 bits per heavy atom. The summed E-state index contributed by atoms with van der Waals surface area (Å²) in [6.07, 6.45) is 2.00. The Morgan fingerprint density at radius 2 is 2.18 bits per heavy atom. The van der Waals surface area contributed by atoms with E-state index in [0.717, 1.165) is 15.7 Å². The highest BCUT2D eigenvalue weighted by Crippen LogP contribution is 2.13. The zero-order valence-corrected chi connectivity index (χ0v) is 13.9. The first-order valence-electron chi connectivity index (χ1n) is 6.90. The lowest BCUT2D eigenvalue weighted by molar-refractivity contribution is -0.115. The number of ether oxygens (including phenoxy) is 1. The molecule has 0 aliphatic rings. The first kappa shape index (κ1) is 16.5. The molecule has 22 heavy (non-hydrogen) atoms. The van der Waals surface area contributed by atoms with E-state index in [0.29, 0.717) is 25.4 Å². The third kappa shape index (κ3) is 5.46. The van der Waals surface area contributed by atoms with Crippen LogP contribution in [0.1, 0.15) is 5.56 Å². The summed E-state index contributed by atoms with van der Waals surface area (Å²) in [7, 11) is 1.66. The van der Waals surface area contributed by atoms with Gasteiger partial charge in [0.1, 0.15) is 5.82 Å².